The fourth-order valence-electron chi connectivity index (χ4n) is 1.57. The molecule has 2 aromatic rings. The molecule has 1 aromatic heterocycles. The van der Waals surface area contributed by atoms with Crippen LogP contribution in [0.15, 0.2) is 33.3 Å². The summed E-state index contributed by atoms with van der Waals surface area (Å²) in [6, 6.07) is 5.55. The smallest absolute Gasteiger partial charge is 0.122 e. The van der Waals surface area contributed by atoms with Crippen molar-refractivity contribution in [2.24, 2.45) is 7.05 Å². The number of aliphatic hydroxyl groups excluding tert-OH is 1. The van der Waals surface area contributed by atoms with E-state index in [4.69, 9.17) is 11.6 Å². The van der Waals surface area contributed by atoms with Crippen molar-refractivity contribution < 1.29 is 5.11 Å². The van der Waals surface area contributed by atoms with E-state index in [0.29, 0.717) is 10.7 Å². The molecule has 0 saturated carbocycles. The lowest BCUT2D eigenvalue weighted by atomic mass is 10.1. The van der Waals surface area contributed by atoms with E-state index >= 15 is 0 Å². The average Bonchev–Trinajstić information content (AvgIpc) is 2.62. The van der Waals surface area contributed by atoms with Gasteiger partial charge < -0.3 is 5.11 Å². The Morgan fingerprint density at radius 3 is 2.59 bits per heavy atom. The number of benzene rings is 1. The summed E-state index contributed by atoms with van der Waals surface area (Å²) < 4.78 is 3.39. The molecular weight excluding hydrogens is 371 g/mol. The van der Waals surface area contributed by atoms with Gasteiger partial charge in [-0.25, -0.2) is 0 Å². The van der Waals surface area contributed by atoms with Gasteiger partial charge in [0.05, 0.1) is 16.9 Å². The van der Waals surface area contributed by atoms with E-state index in [1.165, 1.54) is 6.20 Å². The third kappa shape index (κ3) is 2.57. The Morgan fingerprint density at radius 1 is 1.35 bits per heavy atom. The molecule has 0 aliphatic heterocycles. The lowest BCUT2D eigenvalue weighted by Gasteiger charge is -2.13. The predicted octanol–water partition coefficient (Wildman–Crippen LogP) is 3.68. The van der Waals surface area contributed by atoms with Crippen LogP contribution in [0, 0.1) is 0 Å². The van der Waals surface area contributed by atoms with Crippen LogP contribution in [0.1, 0.15) is 17.4 Å². The van der Waals surface area contributed by atoms with Crippen molar-refractivity contribution in [3.05, 3.63) is 49.6 Å². The van der Waals surface area contributed by atoms with Gasteiger partial charge >= 0.3 is 0 Å². The number of nitrogens with zero attached hydrogens (tertiary/aromatic N) is 2. The summed E-state index contributed by atoms with van der Waals surface area (Å²) in [5.74, 6) is 0. The fraction of sp³-hybridized carbons (Fsp3) is 0.182. The fourth-order valence-corrected chi connectivity index (χ4v) is 2.48. The monoisotopic (exact) mass is 378 g/mol. The Labute approximate surface area is 121 Å². The van der Waals surface area contributed by atoms with Gasteiger partial charge in [-0.2, -0.15) is 5.10 Å². The van der Waals surface area contributed by atoms with Crippen LogP contribution in [0.5, 0.6) is 0 Å². The lowest BCUT2D eigenvalue weighted by molar-refractivity contribution is 0.210. The molecule has 6 heteroatoms. The van der Waals surface area contributed by atoms with E-state index < -0.39 is 6.10 Å². The van der Waals surface area contributed by atoms with Gasteiger partial charge in [0.1, 0.15) is 6.10 Å². The normalized spacial score (nSPS) is 12.8. The minimum absolute atomic E-state index is 0.457. The number of hydrogen-bond acceptors (Lipinski definition) is 2. The maximum absolute atomic E-state index is 10.3. The molecule has 1 N–H and O–H groups in total. The molecule has 0 amide bonds. The zero-order valence-corrected chi connectivity index (χ0v) is 12.8. The van der Waals surface area contributed by atoms with Crippen LogP contribution in [0.4, 0.5) is 0 Å². The molecule has 17 heavy (non-hydrogen) atoms. The van der Waals surface area contributed by atoms with Crippen molar-refractivity contribution >= 4 is 43.5 Å². The second-order valence-corrected chi connectivity index (χ2v) is 5.69. The van der Waals surface area contributed by atoms with E-state index in [2.05, 4.69) is 37.0 Å². The van der Waals surface area contributed by atoms with E-state index in [1.807, 2.05) is 18.2 Å². The minimum Gasteiger partial charge on any atom is -0.382 e. The highest BCUT2D eigenvalue weighted by Crippen LogP contribution is 2.31. The molecule has 0 aliphatic carbocycles. The summed E-state index contributed by atoms with van der Waals surface area (Å²) in [6.45, 7) is 0. The van der Waals surface area contributed by atoms with Crippen LogP contribution in [0.3, 0.4) is 0 Å². The van der Waals surface area contributed by atoms with Crippen molar-refractivity contribution in [3.63, 3.8) is 0 Å². The largest absolute Gasteiger partial charge is 0.382 e. The quantitative estimate of drug-likeness (QED) is 0.863. The zero-order chi connectivity index (χ0) is 12.6. The van der Waals surface area contributed by atoms with Gasteiger partial charge in [0.25, 0.3) is 0 Å². The van der Waals surface area contributed by atoms with Crippen LogP contribution in [-0.4, -0.2) is 14.9 Å². The average molecular weight is 380 g/mol. The van der Waals surface area contributed by atoms with Crippen molar-refractivity contribution in [2.45, 2.75) is 6.10 Å². The van der Waals surface area contributed by atoms with Gasteiger partial charge in [0.15, 0.2) is 0 Å². The van der Waals surface area contributed by atoms with Gasteiger partial charge in [-0.3, -0.25) is 4.68 Å². The number of aliphatic hydroxyl groups is 1. The molecule has 1 heterocycles. The predicted molar refractivity (Wildman–Crippen MR) is 74.1 cm³/mol. The topological polar surface area (TPSA) is 38.0 Å². The standard InChI is InChI=1S/C11H9Br2ClN2O/c1-16-10(9(14)5-15-16)11(17)6-2-3-7(12)8(13)4-6/h2-5,11,17H,1H3. The molecule has 0 bridgehead atoms. The van der Waals surface area contributed by atoms with Crippen LogP contribution in [-0.2, 0) is 7.05 Å². The SMILES string of the molecule is Cn1ncc(Cl)c1C(O)c1ccc(Br)c(Br)c1. The molecule has 90 valence electrons. The van der Waals surface area contributed by atoms with Gasteiger partial charge in [0.2, 0.25) is 0 Å². The summed E-state index contributed by atoms with van der Waals surface area (Å²) in [4.78, 5) is 0. The molecule has 0 spiro atoms. The number of hydrogen-bond donors (Lipinski definition) is 1. The van der Waals surface area contributed by atoms with Crippen LogP contribution < -0.4 is 0 Å². The first-order chi connectivity index (χ1) is 8.00. The van der Waals surface area contributed by atoms with E-state index in [-0.39, 0.29) is 0 Å². The third-order valence-electron chi connectivity index (χ3n) is 2.46. The third-order valence-corrected chi connectivity index (χ3v) is 4.63. The van der Waals surface area contributed by atoms with Crippen molar-refractivity contribution in [3.8, 4) is 0 Å². The second kappa shape index (κ2) is 5.10. The molecule has 1 aromatic carbocycles. The Hall–Kier alpha value is -0.360. The van der Waals surface area contributed by atoms with Crippen LogP contribution in [0.2, 0.25) is 5.02 Å². The molecule has 0 saturated heterocycles. The number of aromatic nitrogens is 2. The first kappa shape index (κ1) is 13.1. The van der Waals surface area contributed by atoms with Crippen molar-refractivity contribution in [2.75, 3.05) is 0 Å². The maximum atomic E-state index is 10.3. The second-order valence-electron chi connectivity index (χ2n) is 3.58. The summed E-state index contributed by atoms with van der Waals surface area (Å²) in [5.41, 5.74) is 1.34. The molecular formula is C11H9Br2ClN2O. The first-order valence-electron chi connectivity index (χ1n) is 4.81. The van der Waals surface area contributed by atoms with Gasteiger partial charge in [-0.05, 0) is 49.6 Å². The Balaban J connectivity index is 2.43. The zero-order valence-electron chi connectivity index (χ0n) is 8.86. The summed E-state index contributed by atoms with van der Waals surface area (Å²) in [6.07, 6.45) is 0.730. The summed E-state index contributed by atoms with van der Waals surface area (Å²) >= 11 is 12.8. The molecule has 0 radical (unpaired) electrons. The van der Waals surface area contributed by atoms with E-state index in [0.717, 1.165) is 14.5 Å². The van der Waals surface area contributed by atoms with Crippen molar-refractivity contribution in [1.29, 1.82) is 0 Å². The van der Waals surface area contributed by atoms with Gasteiger partial charge in [-0.15, -0.1) is 0 Å². The Kier molecular flexibility index (Phi) is 3.92. The highest BCUT2D eigenvalue weighted by atomic mass is 79.9. The molecule has 1 unspecified atom stereocenters. The van der Waals surface area contributed by atoms with Crippen LogP contribution >= 0.6 is 43.5 Å². The Bertz CT molecular complexity index is 537. The molecule has 0 aliphatic rings. The number of aryl methyl sites for hydroxylation is 1. The first-order valence-corrected chi connectivity index (χ1v) is 6.77. The molecule has 0 fully saturated rings. The van der Waals surface area contributed by atoms with Gasteiger partial charge in [-0.1, -0.05) is 17.7 Å². The number of halogens is 3. The number of rotatable bonds is 2. The highest BCUT2D eigenvalue weighted by molar-refractivity contribution is 9.13. The molecule has 1 atom stereocenters. The highest BCUT2D eigenvalue weighted by Gasteiger charge is 2.18. The van der Waals surface area contributed by atoms with E-state index in [9.17, 15) is 5.11 Å². The Morgan fingerprint density at radius 2 is 2.06 bits per heavy atom. The summed E-state index contributed by atoms with van der Waals surface area (Å²) in [7, 11) is 1.75. The molecule has 3 nitrogen and oxygen atoms in total. The van der Waals surface area contributed by atoms with Gasteiger partial charge in [0, 0.05) is 16.0 Å². The van der Waals surface area contributed by atoms with Crippen LogP contribution in [0.25, 0.3) is 0 Å². The maximum Gasteiger partial charge on any atom is 0.122 e. The van der Waals surface area contributed by atoms with E-state index in [1.54, 1.807) is 11.7 Å². The summed E-state index contributed by atoms with van der Waals surface area (Å²) in [5, 5.41) is 14.7. The molecule has 2 rings (SSSR count). The van der Waals surface area contributed by atoms with Crippen molar-refractivity contribution in [1.82, 2.24) is 9.78 Å². The lowest BCUT2D eigenvalue weighted by Crippen LogP contribution is -2.07. The minimum atomic E-state index is -0.792.